The van der Waals surface area contributed by atoms with Crippen LogP contribution in [0.3, 0.4) is 0 Å². The number of ether oxygens (including phenoxy) is 2. The topological polar surface area (TPSA) is 127 Å². The Bertz CT molecular complexity index is 2650. The normalized spacial score (nSPS) is 12.3. The molecule has 360 valence electrons. The first-order valence-electron chi connectivity index (χ1n) is 23.2. The molecule has 2 atom stereocenters. The summed E-state index contributed by atoms with van der Waals surface area (Å²) in [5, 5.41) is 4.25. The standard InChI is InChI=1S/C31H43FN4O3.C21H25FN4O2/c1-6-7-8-9-10-11-12-13-29(37)35(21-20-34(3)4)23(2)30-33-28-19-18-26(39-5)22-27(28)31(38)36(30)25-16-14-24(32)15-17-25;1-14(23-11-12-25(2)3)20-24-19-10-9-17(28-4)13-18(19)21(27)26(20)16-7-5-15(22)6-8-16/h14-19,22-23H,6-13,20-21H2,1-5H3;5-10,13-14,23H,11-12H2,1-4H3. The number of carbonyl (C=O) groups is 1. The maximum atomic E-state index is 13.8. The number of amides is 1. The largest absolute Gasteiger partial charge is 0.497 e. The molecule has 2 unspecified atom stereocenters. The number of rotatable bonds is 22. The van der Waals surface area contributed by atoms with Crippen molar-refractivity contribution in [1.82, 2.24) is 39.1 Å². The van der Waals surface area contributed by atoms with E-state index in [1.807, 2.05) is 51.8 Å². The Kier molecular flexibility index (Phi) is 19.5. The summed E-state index contributed by atoms with van der Waals surface area (Å²) in [6.45, 7) is 8.87. The number of methoxy groups -OCH3 is 2. The first-order valence-corrected chi connectivity index (χ1v) is 23.2. The first-order chi connectivity index (χ1) is 32.2. The van der Waals surface area contributed by atoms with Crippen LogP contribution in [0.15, 0.2) is 94.5 Å². The van der Waals surface area contributed by atoms with Crippen LogP contribution in [0.4, 0.5) is 8.78 Å². The van der Waals surface area contributed by atoms with E-state index in [9.17, 15) is 23.2 Å². The second kappa shape index (κ2) is 25.2. The average Bonchev–Trinajstić information content (AvgIpc) is 3.31. The summed E-state index contributed by atoms with van der Waals surface area (Å²) in [4.78, 5) is 56.3. The van der Waals surface area contributed by atoms with E-state index in [1.165, 1.54) is 59.1 Å². The Balaban J connectivity index is 0.000000264. The number of fused-ring (bicyclic) bond motifs is 2. The number of carbonyl (C=O) groups excluding carboxylic acids is 1. The zero-order valence-electron chi connectivity index (χ0n) is 40.7. The molecule has 4 aromatic carbocycles. The third-order valence-corrected chi connectivity index (χ3v) is 11.7. The Hall–Kier alpha value is -6.03. The van der Waals surface area contributed by atoms with Crippen molar-refractivity contribution in [3.8, 4) is 22.9 Å². The van der Waals surface area contributed by atoms with Crippen LogP contribution >= 0.6 is 0 Å². The maximum absolute atomic E-state index is 13.8. The van der Waals surface area contributed by atoms with Crippen LogP contribution in [0.2, 0.25) is 0 Å². The second-order valence-electron chi connectivity index (χ2n) is 17.4. The predicted molar refractivity (Wildman–Crippen MR) is 264 cm³/mol. The van der Waals surface area contributed by atoms with Crippen molar-refractivity contribution in [3.05, 3.63) is 129 Å². The Morgan fingerprint density at radius 2 is 1.10 bits per heavy atom. The molecular formula is C52H68F2N8O5. The summed E-state index contributed by atoms with van der Waals surface area (Å²) in [6, 6.07) is 21.4. The predicted octanol–water partition coefficient (Wildman–Crippen LogP) is 8.87. The SMILES string of the molecule is CCCCCCCCCC(=O)N(CCN(C)C)C(C)c1nc2ccc(OC)cc2c(=O)n1-c1ccc(F)cc1.COc1ccc2nc(C(C)NCCN(C)C)n(-c3ccc(F)cc3)c(=O)c2c1. The van der Waals surface area contributed by atoms with Gasteiger partial charge in [0.25, 0.3) is 11.1 Å². The van der Waals surface area contributed by atoms with Gasteiger partial charge in [0.1, 0.15) is 34.8 Å². The number of nitrogens with zero attached hydrogens (tertiary/aromatic N) is 7. The monoisotopic (exact) mass is 923 g/mol. The highest BCUT2D eigenvalue weighted by molar-refractivity contribution is 5.81. The Labute approximate surface area is 393 Å². The molecule has 13 nitrogen and oxygen atoms in total. The van der Waals surface area contributed by atoms with Gasteiger partial charge in [-0.25, -0.2) is 18.7 Å². The van der Waals surface area contributed by atoms with Crippen molar-refractivity contribution in [1.29, 1.82) is 0 Å². The third kappa shape index (κ3) is 14.0. The number of aromatic nitrogens is 4. The number of hydrogen-bond donors (Lipinski definition) is 1. The molecular weight excluding hydrogens is 855 g/mol. The molecule has 1 amide bonds. The summed E-state index contributed by atoms with van der Waals surface area (Å²) >= 11 is 0. The molecule has 0 fully saturated rings. The molecule has 0 bridgehead atoms. The molecule has 0 aliphatic heterocycles. The van der Waals surface area contributed by atoms with E-state index >= 15 is 0 Å². The van der Waals surface area contributed by atoms with Crippen molar-refractivity contribution in [2.45, 2.75) is 84.2 Å². The van der Waals surface area contributed by atoms with E-state index < -0.39 is 11.9 Å². The maximum Gasteiger partial charge on any atom is 0.266 e. The summed E-state index contributed by atoms with van der Waals surface area (Å²) in [5.41, 5.74) is 1.67. The molecule has 0 spiro atoms. The Morgan fingerprint density at radius 3 is 1.58 bits per heavy atom. The van der Waals surface area contributed by atoms with Crippen LogP contribution in [0.25, 0.3) is 33.2 Å². The van der Waals surface area contributed by atoms with E-state index in [0.29, 0.717) is 75.8 Å². The van der Waals surface area contributed by atoms with Crippen LogP contribution in [0.5, 0.6) is 11.5 Å². The summed E-state index contributed by atoms with van der Waals surface area (Å²) in [6.07, 6.45) is 8.40. The smallest absolute Gasteiger partial charge is 0.266 e. The zero-order valence-corrected chi connectivity index (χ0v) is 40.7. The fourth-order valence-corrected chi connectivity index (χ4v) is 7.82. The molecule has 6 rings (SSSR count). The number of benzene rings is 4. The van der Waals surface area contributed by atoms with Crippen molar-refractivity contribution in [2.24, 2.45) is 0 Å². The first kappa shape index (κ1) is 51.9. The van der Waals surface area contributed by atoms with Gasteiger partial charge in [-0.3, -0.25) is 23.5 Å². The molecule has 0 radical (unpaired) electrons. The lowest BCUT2D eigenvalue weighted by atomic mass is 10.1. The van der Waals surface area contributed by atoms with Crippen LogP contribution < -0.4 is 25.9 Å². The highest BCUT2D eigenvalue weighted by Gasteiger charge is 2.27. The summed E-state index contributed by atoms with van der Waals surface area (Å²) < 4.78 is 40.8. The molecule has 0 saturated heterocycles. The van der Waals surface area contributed by atoms with Gasteiger partial charge in [-0.2, -0.15) is 0 Å². The van der Waals surface area contributed by atoms with Crippen LogP contribution in [0.1, 0.15) is 95.9 Å². The number of nitrogens with one attached hydrogen (secondary N) is 1. The lowest BCUT2D eigenvalue weighted by Gasteiger charge is -2.31. The minimum atomic E-state index is -0.480. The van der Waals surface area contributed by atoms with Gasteiger partial charge in [-0.15, -0.1) is 0 Å². The second-order valence-corrected chi connectivity index (χ2v) is 17.4. The van der Waals surface area contributed by atoms with Gasteiger partial charge >= 0.3 is 0 Å². The molecule has 0 aliphatic rings. The van der Waals surface area contributed by atoms with E-state index in [2.05, 4.69) is 17.1 Å². The lowest BCUT2D eigenvalue weighted by molar-refractivity contribution is -0.133. The van der Waals surface area contributed by atoms with Crippen LogP contribution in [-0.4, -0.2) is 108 Å². The molecule has 67 heavy (non-hydrogen) atoms. The third-order valence-electron chi connectivity index (χ3n) is 11.7. The van der Waals surface area contributed by atoms with E-state index in [0.717, 1.165) is 32.4 Å². The minimum absolute atomic E-state index is 0.0487. The molecule has 0 saturated carbocycles. The Morgan fingerprint density at radius 1 is 0.642 bits per heavy atom. The minimum Gasteiger partial charge on any atom is -0.497 e. The molecule has 0 aliphatic carbocycles. The van der Waals surface area contributed by atoms with Crippen molar-refractivity contribution < 1.29 is 23.0 Å². The van der Waals surface area contributed by atoms with E-state index in [-0.39, 0.29) is 28.9 Å². The number of unbranched alkanes of at least 4 members (excludes halogenated alkanes) is 6. The summed E-state index contributed by atoms with van der Waals surface area (Å²) in [7, 11) is 11.0. The highest BCUT2D eigenvalue weighted by atomic mass is 19.1. The fraction of sp³-hybridized carbons (Fsp3) is 0.442. The molecule has 15 heteroatoms. The van der Waals surface area contributed by atoms with Crippen molar-refractivity contribution >= 4 is 27.7 Å². The van der Waals surface area contributed by atoms with E-state index in [4.69, 9.17) is 19.4 Å². The van der Waals surface area contributed by atoms with E-state index in [1.54, 1.807) is 74.9 Å². The fourth-order valence-electron chi connectivity index (χ4n) is 7.82. The number of halogens is 2. The van der Waals surface area contributed by atoms with Gasteiger partial charge in [0, 0.05) is 32.6 Å². The van der Waals surface area contributed by atoms with Gasteiger partial charge < -0.3 is 29.5 Å². The van der Waals surface area contributed by atoms with Gasteiger partial charge in [0.05, 0.1) is 59.5 Å². The van der Waals surface area contributed by atoms with Crippen LogP contribution in [0, 0.1) is 11.6 Å². The van der Waals surface area contributed by atoms with Gasteiger partial charge in [-0.1, -0.05) is 45.4 Å². The van der Waals surface area contributed by atoms with Gasteiger partial charge in [0.2, 0.25) is 5.91 Å². The van der Waals surface area contributed by atoms with Gasteiger partial charge in [0.15, 0.2) is 0 Å². The quantitative estimate of drug-likeness (QED) is 0.0660. The van der Waals surface area contributed by atoms with Crippen molar-refractivity contribution in [2.75, 3.05) is 68.6 Å². The number of likely N-dealkylation sites (N-methyl/N-ethyl adjacent to an activating group) is 2. The molecule has 6 aromatic rings. The molecule has 1 N–H and O–H groups in total. The molecule has 2 heterocycles. The molecule has 2 aromatic heterocycles. The van der Waals surface area contributed by atoms with Crippen molar-refractivity contribution in [3.63, 3.8) is 0 Å². The average molecular weight is 923 g/mol. The zero-order chi connectivity index (χ0) is 48.6. The van der Waals surface area contributed by atoms with Crippen LogP contribution in [-0.2, 0) is 4.79 Å². The van der Waals surface area contributed by atoms with Gasteiger partial charge in [-0.05, 0) is 133 Å². The number of hydrogen-bond acceptors (Lipinski definition) is 10. The summed E-state index contributed by atoms with van der Waals surface area (Å²) in [5.74, 6) is 1.45. The highest BCUT2D eigenvalue weighted by Crippen LogP contribution is 2.27. The lowest BCUT2D eigenvalue weighted by Crippen LogP contribution is -2.40.